The van der Waals surface area contributed by atoms with Gasteiger partial charge in [-0.3, -0.25) is 0 Å². The van der Waals surface area contributed by atoms with Gasteiger partial charge in [-0.05, 0) is 56.8 Å². The van der Waals surface area contributed by atoms with Crippen LogP contribution in [0.1, 0.15) is 44.9 Å². The molecule has 0 heteroatoms. The minimum absolute atomic E-state index is 1.11. The average molecular weight is 150 g/mol. The monoisotopic (exact) mass is 150 g/mol. The number of hydrogen-bond donors (Lipinski definition) is 0. The highest BCUT2D eigenvalue weighted by atomic mass is 14.3. The molecular weight excluding hydrogens is 132 g/mol. The van der Waals surface area contributed by atoms with Crippen molar-refractivity contribution in [2.75, 3.05) is 0 Å². The fourth-order valence-corrected chi connectivity index (χ4v) is 2.44. The highest BCUT2D eigenvalue weighted by Crippen LogP contribution is 2.41. The van der Waals surface area contributed by atoms with Gasteiger partial charge in [-0.25, -0.2) is 0 Å². The zero-order chi connectivity index (χ0) is 7.52. The van der Waals surface area contributed by atoms with E-state index >= 15 is 0 Å². The molecular formula is C11H18. The van der Waals surface area contributed by atoms with Gasteiger partial charge in [0.25, 0.3) is 0 Å². The lowest BCUT2D eigenvalue weighted by molar-refractivity contribution is 0.153. The van der Waals surface area contributed by atoms with Crippen LogP contribution in [0.5, 0.6) is 0 Å². The van der Waals surface area contributed by atoms with E-state index in [1.54, 1.807) is 0 Å². The molecule has 0 nitrogen and oxygen atoms in total. The Balaban J connectivity index is 1.87. The Kier molecular flexibility index (Phi) is 2.30. The summed E-state index contributed by atoms with van der Waals surface area (Å²) in [5.41, 5.74) is 0. The second-order valence-electron chi connectivity index (χ2n) is 4.08. The molecule has 0 spiro atoms. The first-order chi connectivity index (χ1) is 5.47. The van der Waals surface area contributed by atoms with Crippen LogP contribution in [-0.4, -0.2) is 0 Å². The van der Waals surface area contributed by atoms with Crippen molar-refractivity contribution in [1.82, 2.24) is 0 Å². The Bertz CT molecular complexity index is 146. The Labute approximate surface area is 69.7 Å². The van der Waals surface area contributed by atoms with Crippen molar-refractivity contribution < 1.29 is 0 Å². The summed E-state index contributed by atoms with van der Waals surface area (Å²) in [5.74, 6) is 2.23. The molecule has 0 bridgehead atoms. The first-order valence-corrected chi connectivity index (χ1v) is 5.12. The largest absolute Gasteiger partial charge is 0.0885 e. The summed E-state index contributed by atoms with van der Waals surface area (Å²) in [6.45, 7) is 0. The van der Waals surface area contributed by atoms with E-state index in [4.69, 9.17) is 0 Å². The first kappa shape index (κ1) is 7.39. The molecule has 0 saturated heterocycles. The van der Waals surface area contributed by atoms with Crippen molar-refractivity contribution in [3.8, 4) is 0 Å². The molecule has 62 valence electrons. The van der Waals surface area contributed by atoms with Gasteiger partial charge in [-0.1, -0.05) is 12.2 Å². The van der Waals surface area contributed by atoms with Gasteiger partial charge < -0.3 is 0 Å². The van der Waals surface area contributed by atoms with Gasteiger partial charge in [0, 0.05) is 0 Å². The molecule has 0 aromatic heterocycles. The van der Waals surface area contributed by atoms with Crippen LogP contribution < -0.4 is 0 Å². The normalized spacial score (nSPS) is 37.8. The lowest BCUT2D eigenvalue weighted by Crippen LogP contribution is -2.25. The Morgan fingerprint density at radius 1 is 0.727 bits per heavy atom. The highest BCUT2D eigenvalue weighted by molar-refractivity contribution is 4.89. The van der Waals surface area contributed by atoms with E-state index in [0.29, 0.717) is 0 Å². The molecule has 0 N–H and O–H groups in total. The molecule has 0 radical (unpaired) electrons. The summed E-state index contributed by atoms with van der Waals surface area (Å²) in [4.78, 5) is 0. The third-order valence-corrected chi connectivity index (χ3v) is 3.39. The summed E-state index contributed by atoms with van der Waals surface area (Å²) in [6, 6.07) is 0. The van der Waals surface area contributed by atoms with E-state index in [0.717, 1.165) is 11.8 Å². The third-order valence-electron chi connectivity index (χ3n) is 3.39. The zero-order valence-corrected chi connectivity index (χ0v) is 7.26. The molecule has 2 rings (SSSR count). The topological polar surface area (TPSA) is 0 Å². The van der Waals surface area contributed by atoms with Crippen LogP contribution in [0, 0.1) is 11.8 Å². The van der Waals surface area contributed by atoms with E-state index in [2.05, 4.69) is 12.2 Å². The molecule has 1 saturated carbocycles. The van der Waals surface area contributed by atoms with Crippen molar-refractivity contribution in [2.45, 2.75) is 44.9 Å². The van der Waals surface area contributed by atoms with Gasteiger partial charge in [0.1, 0.15) is 0 Å². The first-order valence-electron chi connectivity index (χ1n) is 5.12. The second-order valence-corrected chi connectivity index (χ2v) is 4.08. The van der Waals surface area contributed by atoms with Crippen LogP contribution in [0.3, 0.4) is 0 Å². The van der Waals surface area contributed by atoms with Gasteiger partial charge in [0.15, 0.2) is 0 Å². The lowest BCUT2D eigenvalue weighted by Gasteiger charge is -2.36. The lowest BCUT2D eigenvalue weighted by atomic mass is 9.69. The van der Waals surface area contributed by atoms with Crippen LogP contribution >= 0.6 is 0 Å². The maximum Gasteiger partial charge on any atom is -0.0348 e. The Hall–Kier alpha value is -0.260. The Morgan fingerprint density at radius 3 is 2.27 bits per heavy atom. The molecule has 0 heterocycles. The molecule has 2 aliphatic rings. The van der Waals surface area contributed by atoms with Crippen molar-refractivity contribution in [2.24, 2.45) is 11.8 Å². The van der Waals surface area contributed by atoms with Crippen LogP contribution in [0.15, 0.2) is 12.2 Å². The maximum absolute atomic E-state index is 2.39. The van der Waals surface area contributed by atoms with E-state index in [1.165, 1.54) is 44.9 Å². The average Bonchev–Trinajstić information content (AvgIpc) is 2.04. The van der Waals surface area contributed by atoms with E-state index in [9.17, 15) is 0 Å². The summed E-state index contributed by atoms with van der Waals surface area (Å²) >= 11 is 0. The predicted octanol–water partition coefficient (Wildman–Crippen LogP) is 3.53. The van der Waals surface area contributed by atoms with Crippen LogP contribution in [-0.2, 0) is 0 Å². The van der Waals surface area contributed by atoms with Crippen molar-refractivity contribution in [3.05, 3.63) is 12.2 Å². The minimum Gasteiger partial charge on any atom is -0.0885 e. The summed E-state index contributed by atoms with van der Waals surface area (Å²) in [7, 11) is 0. The summed E-state index contributed by atoms with van der Waals surface area (Å²) in [6.07, 6.45) is 14.9. The van der Waals surface area contributed by atoms with E-state index in [-0.39, 0.29) is 0 Å². The quantitative estimate of drug-likeness (QED) is 0.463. The van der Waals surface area contributed by atoms with E-state index in [1.807, 2.05) is 0 Å². The smallest absolute Gasteiger partial charge is 0.0348 e. The standard InChI is InChI=1S/C11H18/c1-2-4-6-10-8-9-11(10)7-5-3-1/h1-2,10-11H,3-9H2/t10-,11-/m0/s1. The van der Waals surface area contributed by atoms with Crippen LogP contribution in [0.25, 0.3) is 0 Å². The number of hydrogen-bond acceptors (Lipinski definition) is 0. The molecule has 0 aromatic carbocycles. The maximum atomic E-state index is 2.39. The predicted molar refractivity (Wildman–Crippen MR) is 48.4 cm³/mol. The minimum atomic E-state index is 1.11. The third kappa shape index (κ3) is 1.66. The van der Waals surface area contributed by atoms with Crippen molar-refractivity contribution in [1.29, 1.82) is 0 Å². The summed E-state index contributed by atoms with van der Waals surface area (Å²) in [5, 5.41) is 0. The van der Waals surface area contributed by atoms with Gasteiger partial charge in [-0.15, -0.1) is 0 Å². The van der Waals surface area contributed by atoms with E-state index < -0.39 is 0 Å². The highest BCUT2D eigenvalue weighted by Gasteiger charge is 2.29. The summed E-state index contributed by atoms with van der Waals surface area (Å²) < 4.78 is 0. The SMILES string of the molecule is C1=CCC[C@H]2CC[C@@H]2CCC1. The molecule has 2 aliphatic carbocycles. The van der Waals surface area contributed by atoms with Gasteiger partial charge in [0.05, 0.1) is 0 Å². The van der Waals surface area contributed by atoms with Crippen LogP contribution in [0.2, 0.25) is 0 Å². The van der Waals surface area contributed by atoms with Gasteiger partial charge in [0.2, 0.25) is 0 Å². The fourth-order valence-electron chi connectivity index (χ4n) is 2.44. The second kappa shape index (κ2) is 3.42. The van der Waals surface area contributed by atoms with Crippen molar-refractivity contribution >= 4 is 0 Å². The number of rotatable bonds is 0. The zero-order valence-electron chi connectivity index (χ0n) is 7.26. The van der Waals surface area contributed by atoms with Crippen molar-refractivity contribution in [3.63, 3.8) is 0 Å². The fraction of sp³-hybridized carbons (Fsp3) is 0.818. The molecule has 0 aliphatic heterocycles. The number of allylic oxidation sites excluding steroid dienone is 2. The molecule has 0 unspecified atom stereocenters. The Morgan fingerprint density at radius 2 is 1.45 bits per heavy atom. The molecule has 11 heavy (non-hydrogen) atoms. The molecule has 2 atom stereocenters. The molecule has 1 fully saturated rings. The van der Waals surface area contributed by atoms with Gasteiger partial charge >= 0.3 is 0 Å². The molecule has 0 aromatic rings. The number of fused-ring (bicyclic) bond motifs is 1. The van der Waals surface area contributed by atoms with Gasteiger partial charge in [-0.2, -0.15) is 0 Å². The molecule has 0 amide bonds. The van der Waals surface area contributed by atoms with Crippen LogP contribution in [0.4, 0.5) is 0 Å².